The molecule has 26 heavy (non-hydrogen) atoms. The van der Waals surface area contributed by atoms with Crippen LogP contribution in [0, 0.1) is 20.8 Å². The van der Waals surface area contributed by atoms with Gasteiger partial charge in [-0.3, -0.25) is 9.59 Å². The Morgan fingerprint density at radius 2 is 1.42 bits per heavy atom. The van der Waals surface area contributed by atoms with Gasteiger partial charge in [-0.25, -0.2) is 12.7 Å². The summed E-state index contributed by atoms with van der Waals surface area (Å²) in [5, 5.41) is 0. The highest BCUT2D eigenvalue weighted by Gasteiger charge is 2.31. The standard InChI is InChI=1S/C19H21NO5S/c1-12-10-13(2)19(14(3)11-12)26(23,24)20(15(4)21)17-6-8-18(9-7-17)25-16(5)22/h6-11H,1-5H3. The van der Waals surface area contributed by atoms with Crippen LogP contribution in [-0.2, 0) is 19.6 Å². The monoisotopic (exact) mass is 375 g/mol. The predicted molar refractivity (Wildman–Crippen MR) is 98.7 cm³/mol. The molecule has 0 saturated heterocycles. The van der Waals surface area contributed by atoms with Crippen LogP contribution in [0.2, 0.25) is 0 Å². The van der Waals surface area contributed by atoms with Crippen LogP contribution in [0.3, 0.4) is 0 Å². The molecule has 0 atom stereocenters. The molecule has 2 rings (SSSR count). The van der Waals surface area contributed by atoms with Crippen molar-refractivity contribution in [3.05, 3.63) is 53.1 Å². The van der Waals surface area contributed by atoms with Crippen LogP contribution >= 0.6 is 0 Å². The molecule has 2 aromatic carbocycles. The molecule has 0 aliphatic heterocycles. The van der Waals surface area contributed by atoms with Gasteiger partial charge in [-0.1, -0.05) is 17.7 Å². The van der Waals surface area contributed by atoms with Gasteiger partial charge in [-0.15, -0.1) is 0 Å². The fraction of sp³-hybridized carbons (Fsp3) is 0.263. The molecule has 138 valence electrons. The largest absolute Gasteiger partial charge is 0.427 e. The Balaban J connectivity index is 2.57. The Morgan fingerprint density at radius 3 is 1.85 bits per heavy atom. The van der Waals surface area contributed by atoms with Crippen molar-refractivity contribution in [3.63, 3.8) is 0 Å². The molecular formula is C19H21NO5S. The zero-order valence-corrected chi connectivity index (χ0v) is 16.2. The second-order valence-corrected chi connectivity index (χ2v) is 7.83. The fourth-order valence-corrected chi connectivity index (χ4v) is 4.82. The van der Waals surface area contributed by atoms with Crippen molar-refractivity contribution in [2.24, 2.45) is 0 Å². The Bertz CT molecular complexity index is 939. The van der Waals surface area contributed by atoms with E-state index in [0.29, 0.717) is 11.1 Å². The smallest absolute Gasteiger partial charge is 0.308 e. The van der Waals surface area contributed by atoms with Crippen molar-refractivity contribution in [2.75, 3.05) is 4.31 Å². The summed E-state index contributed by atoms with van der Waals surface area (Å²) in [6, 6.07) is 9.27. The predicted octanol–water partition coefficient (Wildman–Crippen LogP) is 3.28. The van der Waals surface area contributed by atoms with Gasteiger partial charge in [-0.2, -0.15) is 0 Å². The van der Waals surface area contributed by atoms with E-state index >= 15 is 0 Å². The molecule has 0 bridgehead atoms. The van der Waals surface area contributed by atoms with Gasteiger partial charge in [-0.05, 0) is 56.2 Å². The highest BCUT2D eigenvalue weighted by atomic mass is 32.2. The maximum Gasteiger partial charge on any atom is 0.308 e. The van der Waals surface area contributed by atoms with E-state index in [1.807, 2.05) is 6.92 Å². The van der Waals surface area contributed by atoms with Gasteiger partial charge in [0.15, 0.2) is 0 Å². The average molecular weight is 375 g/mol. The molecule has 0 heterocycles. The van der Waals surface area contributed by atoms with Crippen LogP contribution in [0.5, 0.6) is 5.75 Å². The molecule has 6 nitrogen and oxygen atoms in total. The van der Waals surface area contributed by atoms with Gasteiger partial charge in [0.1, 0.15) is 5.75 Å². The summed E-state index contributed by atoms with van der Waals surface area (Å²) in [6.45, 7) is 7.75. The number of rotatable bonds is 4. The molecule has 0 N–H and O–H groups in total. The van der Waals surface area contributed by atoms with Crippen molar-refractivity contribution in [3.8, 4) is 5.75 Å². The Labute approximate surface area is 153 Å². The Morgan fingerprint density at radius 1 is 0.923 bits per heavy atom. The van der Waals surface area contributed by atoms with Gasteiger partial charge in [0.25, 0.3) is 10.0 Å². The molecule has 7 heteroatoms. The fourth-order valence-electron chi connectivity index (χ4n) is 2.97. The SMILES string of the molecule is CC(=O)Oc1ccc(N(C(C)=O)S(=O)(=O)c2c(C)cc(C)cc2C)cc1. The van der Waals surface area contributed by atoms with Gasteiger partial charge >= 0.3 is 5.97 Å². The lowest BCUT2D eigenvalue weighted by Crippen LogP contribution is -2.36. The minimum Gasteiger partial charge on any atom is -0.427 e. The first-order valence-electron chi connectivity index (χ1n) is 7.96. The number of sulfonamides is 1. The first kappa shape index (κ1) is 19.7. The summed E-state index contributed by atoms with van der Waals surface area (Å²) in [7, 11) is -4.09. The second kappa shape index (κ2) is 7.29. The molecule has 0 fully saturated rings. The number of hydrogen-bond acceptors (Lipinski definition) is 5. The van der Waals surface area contributed by atoms with Crippen LogP contribution in [0.25, 0.3) is 0 Å². The van der Waals surface area contributed by atoms with Gasteiger partial charge in [0.2, 0.25) is 5.91 Å². The quantitative estimate of drug-likeness (QED) is 0.605. The van der Waals surface area contributed by atoms with Crippen LogP contribution in [0.1, 0.15) is 30.5 Å². The lowest BCUT2D eigenvalue weighted by molar-refractivity contribution is -0.131. The van der Waals surface area contributed by atoms with Crippen molar-refractivity contribution >= 4 is 27.6 Å². The van der Waals surface area contributed by atoms with E-state index in [9.17, 15) is 18.0 Å². The molecular weight excluding hydrogens is 354 g/mol. The zero-order valence-electron chi connectivity index (χ0n) is 15.4. The number of ether oxygens (including phenoxy) is 1. The number of carbonyl (C=O) groups is 2. The molecule has 0 aromatic heterocycles. The van der Waals surface area contributed by atoms with Crippen LogP contribution in [0.15, 0.2) is 41.3 Å². The molecule has 0 unspecified atom stereocenters. The number of amides is 1. The first-order chi connectivity index (χ1) is 12.0. The number of anilines is 1. The molecule has 0 saturated carbocycles. The van der Waals surface area contributed by atoms with Crippen molar-refractivity contribution in [1.82, 2.24) is 0 Å². The van der Waals surface area contributed by atoms with Gasteiger partial charge in [0, 0.05) is 13.8 Å². The van der Waals surface area contributed by atoms with Crippen molar-refractivity contribution in [2.45, 2.75) is 39.5 Å². The number of carbonyl (C=O) groups excluding carboxylic acids is 2. The maximum atomic E-state index is 13.2. The molecule has 0 spiro atoms. The summed E-state index contributed by atoms with van der Waals surface area (Å²) < 4.78 is 32.1. The van der Waals surface area contributed by atoms with E-state index in [-0.39, 0.29) is 16.3 Å². The number of esters is 1. The van der Waals surface area contributed by atoms with Gasteiger partial charge in [0.05, 0.1) is 10.6 Å². The van der Waals surface area contributed by atoms with Crippen LogP contribution in [-0.4, -0.2) is 20.3 Å². The van der Waals surface area contributed by atoms with Crippen molar-refractivity contribution < 1.29 is 22.7 Å². The third-order valence-corrected chi connectivity index (χ3v) is 5.83. The number of hydrogen-bond donors (Lipinski definition) is 0. The summed E-state index contributed by atoms with van der Waals surface area (Å²) in [6.07, 6.45) is 0. The topological polar surface area (TPSA) is 80.8 Å². The maximum absolute atomic E-state index is 13.2. The normalized spacial score (nSPS) is 11.1. The molecule has 0 radical (unpaired) electrons. The molecule has 1 amide bonds. The van der Waals surface area contributed by atoms with Crippen LogP contribution < -0.4 is 9.04 Å². The Hall–Kier alpha value is -2.67. The third kappa shape index (κ3) is 3.94. The highest BCUT2D eigenvalue weighted by molar-refractivity contribution is 7.93. The van der Waals surface area contributed by atoms with E-state index in [2.05, 4.69) is 0 Å². The van der Waals surface area contributed by atoms with E-state index in [1.165, 1.54) is 38.1 Å². The third-order valence-electron chi connectivity index (χ3n) is 3.72. The lowest BCUT2D eigenvalue weighted by Gasteiger charge is -2.23. The van der Waals surface area contributed by atoms with E-state index in [0.717, 1.165) is 9.87 Å². The van der Waals surface area contributed by atoms with Crippen LogP contribution in [0.4, 0.5) is 5.69 Å². The van der Waals surface area contributed by atoms with E-state index in [1.54, 1.807) is 26.0 Å². The van der Waals surface area contributed by atoms with E-state index in [4.69, 9.17) is 4.74 Å². The molecule has 0 aliphatic rings. The van der Waals surface area contributed by atoms with E-state index < -0.39 is 21.9 Å². The van der Waals surface area contributed by atoms with Crippen molar-refractivity contribution in [1.29, 1.82) is 0 Å². The first-order valence-corrected chi connectivity index (χ1v) is 9.40. The lowest BCUT2D eigenvalue weighted by atomic mass is 10.1. The summed E-state index contributed by atoms with van der Waals surface area (Å²) in [4.78, 5) is 23.3. The average Bonchev–Trinajstić information content (AvgIpc) is 2.46. The minimum absolute atomic E-state index is 0.113. The number of nitrogens with zero attached hydrogens (tertiary/aromatic N) is 1. The Kier molecular flexibility index (Phi) is 5.51. The zero-order chi connectivity index (χ0) is 19.6. The molecule has 0 aliphatic carbocycles. The summed E-state index contributed by atoms with van der Waals surface area (Å²) in [5.74, 6) is -0.853. The summed E-state index contributed by atoms with van der Waals surface area (Å²) >= 11 is 0. The second-order valence-electron chi connectivity index (χ2n) is 6.10. The highest BCUT2D eigenvalue weighted by Crippen LogP contribution is 2.30. The number of benzene rings is 2. The summed E-state index contributed by atoms with van der Waals surface area (Å²) in [5.41, 5.74) is 2.27. The minimum atomic E-state index is -4.09. The molecule has 2 aromatic rings. The number of aryl methyl sites for hydroxylation is 3. The van der Waals surface area contributed by atoms with Gasteiger partial charge < -0.3 is 4.74 Å².